The van der Waals surface area contributed by atoms with Crippen LogP contribution in [0.5, 0.6) is 0 Å². The molecule has 0 spiro atoms. The summed E-state index contributed by atoms with van der Waals surface area (Å²) in [5.74, 6) is 1.83. The Kier molecular flexibility index (Phi) is 7.33. The fraction of sp³-hybridized carbons (Fsp3) is 0. The molecule has 5 nitrogen and oxygen atoms in total. The Morgan fingerprint density at radius 1 is 0.328 bits per heavy atom. The molecule has 0 amide bonds. The van der Waals surface area contributed by atoms with Crippen LogP contribution in [0.3, 0.4) is 0 Å². The first-order chi connectivity index (χ1) is 31.7. The molecule has 0 saturated carbocycles. The van der Waals surface area contributed by atoms with Crippen LogP contribution in [0.4, 0.5) is 0 Å². The standard InChI is InChI=1S/C59H34N4O/c1-2-13-37(14-3-1)57-60-58(62-59(61-57)51-31-40-17-7-8-18-43(40)45-20-10-11-21-46(45)51)41-24-28-48-54(33-41)64-53-29-25-36-22-26-42(34-49(36)55(48)53)63-52-32-39-16-5-4-15-38(39)30-50(52)47-27-23-35-12-6-9-19-44(35)56(47)63/h1-34H. The monoisotopic (exact) mass is 814 g/mol. The van der Waals surface area contributed by atoms with Gasteiger partial charge in [-0.25, -0.2) is 15.0 Å². The number of hydrogen-bond acceptors (Lipinski definition) is 4. The number of benzene rings is 11. The molecule has 14 aromatic rings. The molecule has 3 aromatic heterocycles. The first-order valence-electron chi connectivity index (χ1n) is 21.7. The second-order valence-corrected chi connectivity index (χ2v) is 16.8. The quantitative estimate of drug-likeness (QED) is 0.166. The summed E-state index contributed by atoms with van der Waals surface area (Å²) >= 11 is 0. The average Bonchev–Trinajstić information content (AvgIpc) is 3.91. The molecule has 5 heteroatoms. The van der Waals surface area contributed by atoms with Gasteiger partial charge in [-0.1, -0.05) is 158 Å². The lowest BCUT2D eigenvalue weighted by molar-refractivity contribution is 0.669. The van der Waals surface area contributed by atoms with Gasteiger partial charge in [0.15, 0.2) is 17.5 Å². The molecular weight excluding hydrogens is 781 g/mol. The minimum absolute atomic E-state index is 0.585. The fourth-order valence-electron chi connectivity index (χ4n) is 10.2. The lowest BCUT2D eigenvalue weighted by Crippen LogP contribution is -2.00. The van der Waals surface area contributed by atoms with E-state index in [1.807, 2.05) is 30.3 Å². The maximum atomic E-state index is 6.76. The summed E-state index contributed by atoms with van der Waals surface area (Å²) in [6.07, 6.45) is 0. The molecule has 0 atom stereocenters. The van der Waals surface area contributed by atoms with Crippen LogP contribution in [-0.2, 0) is 0 Å². The first-order valence-corrected chi connectivity index (χ1v) is 21.7. The first kappa shape index (κ1) is 35.0. The molecule has 0 saturated heterocycles. The van der Waals surface area contributed by atoms with Gasteiger partial charge in [-0.15, -0.1) is 0 Å². The highest BCUT2D eigenvalue weighted by Crippen LogP contribution is 2.42. The molecule has 0 fully saturated rings. The van der Waals surface area contributed by atoms with E-state index in [9.17, 15) is 0 Å². The van der Waals surface area contributed by atoms with Gasteiger partial charge in [-0.05, 0) is 97.0 Å². The Morgan fingerprint density at radius 3 is 1.80 bits per heavy atom. The summed E-state index contributed by atoms with van der Waals surface area (Å²) in [4.78, 5) is 15.5. The Bertz CT molecular complexity index is 4260. The van der Waals surface area contributed by atoms with Crippen molar-refractivity contribution >= 4 is 97.6 Å². The highest BCUT2D eigenvalue weighted by molar-refractivity contribution is 6.22. The van der Waals surface area contributed by atoms with E-state index in [2.05, 4.69) is 180 Å². The summed E-state index contributed by atoms with van der Waals surface area (Å²) in [5, 5.41) is 16.4. The van der Waals surface area contributed by atoms with Gasteiger partial charge in [0.1, 0.15) is 11.2 Å². The van der Waals surface area contributed by atoms with Gasteiger partial charge >= 0.3 is 0 Å². The van der Waals surface area contributed by atoms with Gasteiger partial charge in [0.2, 0.25) is 0 Å². The second-order valence-electron chi connectivity index (χ2n) is 16.8. The molecule has 0 bridgehead atoms. The lowest BCUT2D eigenvalue weighted by atomic mass is 9.97. The molecule has 0 N–H and O–H groups in total. The SMILES string of the molecule is c1ccc(-c2nc(-c3ccc4c(c3)oc3ccc5ccc(-n6c7cc8ccccc8cc7c7ccc8ccccc8c76)cc5c34)nc(-c3cc4ccccc4c4ccccc34)n2)cc1. The largest absolute Gasteiger partial charge is 0.456 e. The normalized spacial score (nSPS) is 12.1. The molecule has 296 valence electrons. The van der Waals surface area contributed by atoms with Gasteiger partial charge in [0.05, 0.1) is 11.0 Å². The second kappa shape index (κ2) is 13.4. The van der Waals surface area contributed by atoms with E-state index in [-0.39, 0.29) is 0 Å². The Hall–Kier alpha value is -8.67. The van der Waals surface area contributed by atoms with Gasteiger partial charge < -0.3 is 8.98 Å². The summed E-state index contributed by atoms with van der Waals surface area (Å²) in [7, 11) is 0. The number of furan rings is 1. The molecule has 14 rings (SSSR count). The molecular formula is C59H34N4O. The van der Waals surface area contributed by atoms with Crippen molar-refractivity contribution in [3.8, 4) is 39.9 Å². The van der Waals surface area contributed by atoms with Crippen LogP contribution in [0, 0.1) is 0 Å². The third-order valence-corrected chi connectivity index (χ3v) is 13.1. The van der Waals surface area contributed by atoms with E-state index in [4.69, 9.17) is 19.4 Å². The fourth-order valence-corrected chi connectivity index (χ4v) is 10.2. The lowest BCUT2D eigenvalue weighted by Gasteiger charge is -2.12. The average molecular weight is 815 g/mol. The van der Waals surface area contributed by atoms with Crippen LogP contribution in [0.25, 0.3) is 137 Å². The highest BCUT2D eigenvalue weighted by atomic mass is 16.3. The van der Waals surface area contributed by atoms with Crippen molar-refractivity contribution in [3.05, 3.63) is 206 Å². The summed E-state index contributed by atoms with van der Waals surface area (Å²) in [6, 6.07) is 73.4. The Labute approximate surface area is 366 Å². The van der Waals surface area contributed by atoms with Gasteiger partial charge in [0.25, 0.3) is 0 Å². The zero-order chi connectivity index (χ0) is 41.9. The topological polar surface area (TPSA) is 56.7 Å². The number of fused-ring (bicyclic) bond motifs is 14. The van der Waals surface area contributed by atoms with Crippen LogP contribution in [0.15, 0.2) is 211 Å². The molecule has 0 radical (unpaired) electrons. The summed E-state index contributed by atoms with van der Waals surface area (Å²) < 4.78 is 9.22. The molecule has 0 unspecified atom stereocenters. The molecule has 11 aromatic carbocycles. The predicted molar refractivity (Wildman–Crippen MR) is 265 cm³/mol. The molecule has 0 aliphatic heterocycles. The molecule has 3 heterocycles. The summed E-state index contributed by atoms with van der Waals surface area (Å²) in [5.41, 5.74) is 7.84. The van der Waals surface area contributed by atoms with E-state index in [1.54, 1.807) is 0 Å². The van der Waals surface area contributed by atoms with Crippen molar-refractivity contribution in [3.63, 3.8) is 0 Å². The Balaban J connectivity index is 0.974. The van der Waals surface area contributed by atoms with Crippen molar-refractivity contribution < 1.29 is 4.42 Å². The predicted octanol–water partition coefficient (Wildman–Crippen LogP) is 15.6. The van der Waals surface area contributed by atoms with Gasteiger partial charge in [0, 0.05) is 49.3 Å². The minimum atomic E-state index is 0.585. The van der Waals surface area contributed by atoms with Crippen molar-refractivity contribution in [2.24, 2.45) is 0 Å². The van der Waals surface area contributed by atoms with Crippen LogP contribution in [0.2, 0.25) is 0 Å². The molecule has 0 aliphatic rings. The van der Waals surface area contributed by atoms with E-state index in [0.29, 0.717) is 17.5 Å². The van der Waals surface area contributed by atoms with Crippen molar-refractivity contribution in [1.82, 2.24) is 19.5 Å². The van der Waals surface area contributed by atoms with E-state index in [0.717, 1.165) is 71.2 Å². The van der Waals surface area contributed by atoms with E-state index >= 15 is 0 Å². The highest BCUT2D eigenvalue weighted by Gasteiger charge is 2.20. The third kappa shape index (κ3) is 5.22. The minimum Gasteiger partial charge on any atom is -0.456 e. The van der Waals surface area contributed by atoms with Crippen molar-refractivity contribution in [1.29, 1.82) is 0 Å². The zero-order valence-electron chi connectivity index (χ0n) is 34.3. The maximum absolute atomic E-state index is 6.76. The molecule has 0 aliphatic carbocycles. The number of aromatic nitrogens is 4. The maximum Gasteiger partial charge on any atom is 0.164 e. The van der Waals surface area contributed by atoms with Gasteiger partial charge in [-0.2, -0.15) is 0 Å². The van der Waals surface area contributed by atoms with Crippen LogP contribution in [0.1, 0.15) is 0 Å². The number of nitrogens with zero attached hydrogens (tertiary/aromatic N) is 4. The van der Waals surface area contributed by atoms with Crippen LogP contribution < -0.4 is 0 Å². The summed E-state index contributed by atoms with van der Waals surface area (Å²) in [6.45, 7) is 0. The smallest absolute Gasteiger partial charge is 0.164 e. The number of hydrogen-bond donors (Lipinski definition) is 0. The zero-order valence-corrected chi connectivity index (χ0v) is 34.3. The van der Waals surface area contributed by atoms with Crippen LogP contribution >= 0.6 is 0 Å². The third-order valence-electron chi connectivity index (χ3n) is 13.1. The van der Waals surface area contributed by atoms with Gasteiger partial charge in [-0.3, -0.25) is 0 Å². The van der Waals surface area contributed by atoms with Crippen molar-refractivity contribution in [2.45, 2.75) is 0 Å². The number of rotatable bonds is 4. The van der Waals surface area contributed by atoms with Crippen LogP contribution in [-0.4, -0.2) is 19.5 Å². The Morgan fingerprint density at radius 2 is 0.953 bits per heavy atom. The van der Waals surface area contributed by atoms with E-state index in [1.165, 1.54) is 48.7 Å². The van der Waals surface area contributed by atoms with E-state index < -0.39 is 0 Å². The van der Waals surface area contributed by atoms with Crippen molar-refractivity contribution in [2.75, 3.05) is 0 Å². The molecule has 64 heavy (non-hydrogen) atoms.